The van der Waals surface area contributed by atoms with Gasteiger partial charge in [0.05, 0.1) is 0 Å². The molecule has 3 heterocycles. The second-order valence-electron chi connectivity index (χ2n) is 7.38. The van der Waals surface area contributed by atoms with E-state index in [0.717, 1.165) is 18.9 Å². The molecule has 1 saturated heterocycles. The van der Waals surface area contributed by atoms with Crippen LogP contribution in [0.4, 0.5) is 5.82 Å². The lowest BCUT2D eigenvalue weighted by atomic mass is 9.75. The van der Waals surface area contributed by atoms with Crippen LogP contribution in [-0.2, 0) is 4.79 Å². The summed E-state index contributed by atoms with van der Waals surface area (Å²) in [4.78, 5) is 14.6. The molecule has 2 aliphatic heterocycles. The van der Waals surface area contributed by atoms with Gasteiger partial charge in [0.15, 0.2) is 5.82 Å². The Kier molecular flexibility index (Phi) is 4.26. The fourth-order valence-corrected chi connectivity index (χ4v) is 4.00. The molecule has 22 heavy (non-hydrogen) atoms. The quantitative estimate of drug-likeness (QED) is 0.902. The Balaban J connectivity index is 1.83. The van der Waals surface area contributed by atoms with Gasteiger partial charge in [-0.15, -0.1) is 0 Å². The van der Waals surface area contributed by atoms with Crippen molar-refractivity contribution >= 4 is 11.7 Å². The minimum atomic E-state index is 0.116. The van der Waals surface area contributed by atoms with Crippen molar-refractivity contribution in [3.63, 3.8) is 0 Å². The fourth-order valence-electron chi connectivity index (χ4n) is 4.00. The normalized spacial score (nSPS) is 23.9. The first kappa shape index (κ1) is 15.5. The monoisotopic (exact) mass is 304 g/mol. The second kappa shape index (κ2) is 6.03. The van der Waals surface area contributed by atoms with E-state index >= 15 is 0 Å². The molecule has 5 heteroatoms. The molecule has 0 spiro atoms. The van der Waals surface area contributed by atoms with Crippen LogP contribution in [0.1, 0.15) is 70.1 Å². The number of amides is 1. The number of aromatic nitrogens is 2. The van der Waals surface area contributed by atoms with E-state index in [9.17, 15) is 4.79 Å². The summed E-state index contributed by atoms with van der Waals surface area (Å²) >= 11 is 0. The van der Waals surface area contributed by atoms with E-state index < -0.39 is 0 Å². The second-order valence-corrected chi connectivity index (χ2v) is 7.38. The number of nitrogens with one attached hydrogen (secondary N) is 2. The Bertz CT molecular complexity index is 541. The SMILES string of the molecule is CC(C)c1[nH]nc2c1C(C1CCN(C(C)C)CC1)CC(=O)N2. The van der Waals surface area contributed by atoms with Gasteiger partial charge in [0.2, 0.25) is 5.91 Å². The van der Waals surface area contributed by atoms with Crippen LogP contribution >= 0.6 is 0 Å². The molecule has 2 aliphatic rings. The van der Waals surface area contributed by atoms with Crippen molar-refractivity contribution in [3.8, 4) is 0 Å². The van der Waals surface area contributed by atoms with Crippen LogP contribution in [0, 0.1) is 5.92 Å². The number of carbonyl (C=O) groups excluding carboxylic acids is 1. The minimum Gasteiger partial charge on any atom is -0.309 e. The van der Waals surface area contributed by atoms with Crippen molar-refractivity contribution in [1.29, 1.82) is 0 Å². The van der Waals surface area contributed by atoms with E-state index in [-0.39, 0.29) is 5.91 Å². The van der Waals surface area contributed by atoms with E-state index in [1.54, 1.807) is 0 Å². The molecule has 1 amide bonds. The summed E-state index contributed by atoms with van der Waals surface area (Å²) in [6, 6.07) is 0.617. The number of fused-ring (bicyclic) bond motifs is 1. The summed E-state index contributed by atoms with van der Waals surface area (Å²) in [7, 11) is 0. The smallest absolute Gasteiger partial charge is 0.226 e. The van der Waals surface area contributed by atoms with Gasteiger partial charge in [0.25, 0.3) is 0 Å². The highest BCUT2D eigenvalue weighted by atomic mass is 16.1. The molecule has 1 aromatic rings. The van der Waals surface area contributed by atoms with Crippen molar-refractivity contribution < 1.29 is 4.79 Å². The first-order valence-corrected chi connectivity index (χ1v) is 8.59. The van der Waals surface area contributed by atoms with E-state index in [4.69, 9.17) is 0 Å². The number of H-pyrrole nitrogens is 1. The van der Waals surface area contributed by atoms with Gasteiger partial charge in [-0.3, -0.25) is 9.89 Å². The minimum absolute atomic E-state index is 0.116. The zero-order valence-corrected chi connectivity index (χ0v) is 14.1. The standard InChI is InChI=1S/C17H28N4O/c1-10(2)16-15-13(9-14(22)18-17(15)20-19-16)12-5-7-21(8-6-12)11(3)4/h10-13H,5-9H2,1-4H3,(H2,18,19,20,22). The molecule has 2 N–H and O–H groups in total. The first-order chi connectivity index (χ1) is 10.5. The van der Waals surface area contributed by atoms with E-state index in [1.165, 1.54) is 24.1 Å². The summed E-state index contributed by atoms with van der Waals surface area (Å²) in [5, 5.41) is 10.4. The lowest BCUT2D eigenvalue weighted by Crippen LogP contribution is -2.41. The third kappa shape index (κ3) is 2.78. The van der Waals surface area contributed by atoms with E-state index in [2.05, 4.69) is 48.1 Å². The number of carbonyl (C=O) groups is 1. The van der Waals surface area contributed by atoms with Crippen LogP contribution < -0.4 is 5.32 Å². The van der Waals surface area contributed by atoms with Crippen LogP contribution in [0.15, 0.2) is 0 Å². The van der Waals surface area contributed by atoms with E-state index in [1.807, 2.05) is 0 Å². The summed E-state index contributed by atoms with van der Waals surface area (Å²) in [6.07, 6.45) is 2.97. The van der Waals surface area contributed by atoms with Crippen molar-refractivity contribution in [3.05, 3.63) is 11.3 Å². The molecule has 0 bridgehead atoms. The number of hydrogen-bond acceptors (Lipinski definition) is 3. The molecule has 5 nitrogen and oxygen atoms in total. The largest absolute Gasteiger partial charge is 0.309 e. The molecular formula is C17H28N4O. The highest BCUT2D eigenvalue weighted by Crippen LogP contribution is 2.43. The summed E-state index contributed by atoms with van der Waals surface area (Å²) < 4.78 is 0. The van der Waals surface area contributed by atoms with Gasteiger partial charge in [-0.25, -0.2) is 0 Å². The maximum Gasteiger partial charge on any atom is 0.226 e. The molecule has 0 saturated carbocycles. The zero-order chi connectivity index (χ0) is 15.9. The van der Waals surface area contributed by atoms with Gasteiger partial charge in [-0.05, 0) is 51.6 Å². The van der Waals surface area contributed by atoms with Crippen LogP contribution in [-0.4, -0.2) is 40.1 Å². The van der Waals surface area contributed by atoms with Crippen LogP contribution in [0.2, 0.25) is 0 Å². The van der Waals surface area contributed by atoms with Gasteiger partial charge in [-0.1, -0.05) is 13.8 Å². The number of hydrogen-bond donors (Lipinski definition) is 2. The molecule has 0 aliphatic carbocycles. The summed E-state index contributed by atoms with van der Waals surface area (Å²) in [5.74, 6) is 2.22. The average Bonchev–Trinajstić information content (AvgIpc) is 2.90. The summed E-state index contributed by atoms with van der Waals surface area (Å²) in [6.45, 7) is 11.2. The molecular weight excluding hydrogens is 276 g/mol. The molecule has 1 aromatic heterocycles. The predicted molar refractivity (Wildman–Crippen MR) is 88.1 cm³/mol. The fraction of sp³-hybridized carbons (Fsp3) is 0.765. The maximum absolute atomic E-state index is 12.1. The lowest BCUT2D eigenvalue weighted by molar-refractivity contribution is -0.117. The van der Waals surface area contributed by atoms with Gasteiger partial charge in [-0.2, -0.15) is 5.10 Å². The highest BCUT2D eigenvalue weighted by molar-refractivity contribution is 5.93. The lowest BCUT2D eigenvalue weighted by Gasteiger charge is -2.39. The molecule has 0 radical (unpaired) electrons. The zero-order valence-electron chi connectivity index (χ0n) is 14.1. The number of rotatable bonds is 3. The molecule has 0 aromatic carbocycles. The third-order valence-electron chi connectivity index (χ3n) is 5.32. The van der Waals surface area contributed by atoms with Gasteiger partial charge < -0.3 is 10.2 Å². The topological polar surface area (TPSA) is 61.0 Å². The third-order valence-corrected chi connectivity index (χ3v) is 5.32. The van der Waals surface area contributed by atoms with Gasteiger partial charge in [0, 0.05) is 29.6 Å². The van der Waals surface area contributed by atoms with Crippen molar-refractivity contribution in [2.75, 3.05) is 18.4 Å². The van der Waals surface area contributed by atoms with Crippen LogP contribution in [0.5, 0.6) is 0 Å². The van der Waals surface area contributed by atoms with Crippen LogP contribution in [0.25, 0.3) is 0 Å². The molecule has 122 valence electrons. The number of aromatic amines is 1. The number of piperidine rings is 1. The molecule has 3 rings (SSSR count). The molecule has 1 unspecified atom stereocenters. The van der Waals surface area contributed by atoms with Crippen molar-refractivity contribution in [1.82, 2.24) is 15.1 Å². The average molecular weight is 304 g/mol. The highest BCUT2D eigenvalue weighted by Gasteiger charge is 2.37. The predicted octanol–water partition coefficient (Wildman–Crippen LogP) is 3.08. The number of nitrogens with zero attached hydrogens (tertiary/aromatic N) is 2. The van der Waals surface area contributed by atoms with Gasteiger partial charge in [0.1, 0.15) is 0 Å². The van der Waals surface area contributed by atoms with Crippen LogP contribution in [0.3, 0.4) is 0 Å². The first-order valence-electron chi connectivity index (χ1n) is 8.59. The molecule has 1 atom stereocenters. The van der Waals surface area contributed by atoms with Crippen molar-refractivity contribution in [2.45, 2.75) is 64.8 Å². The Morgan fingerprint density at radius 2 is 1.86 bits per heavy atom. The summed E-state index contributed by atoms with van der Waals surface area (Å²) in [5.41, 5.74) is 2.48. The number of likely N-dealkylation sites (tertiary alicyclic amines) is 1. The van der Waals surface area contributed by atoms with Gasteiger partial charge >= 0.3 is 0 Å². The number of anilines is 1. The Morgan fingerprint density at radius 3 is 2.45 bits per heavy atom. The Labute approximate surface area is 132 Å². The van der Waals surface area contributed by atoms with E-state index in [0.29, 0.717) is 30.2 Å². The Morgan fingerprint density at radius 1 is 1.18 bits per heavy atom. The van der Waals surface area contributed by atoms with Crippen molar-refractivity contribution in [2.24, 2.45) is 5.92 Å². The maximum atomic E-state index is 12.1. The Hall–Kier alpha value is -1.36. The molecule has 1 fully saturated rings.